The topological polar surface area (TPSA) is 33.0 Å². The molecular weight excluding hydrogens is 270 g/mol. The molecule has 0 N–H and O–H groups in total. The van der Waals surface area contributed by atoms with Gasteiger partial charge in [0.1, 0.15) is 17.6 Å². The van der Waals surface area contributed by atoms with Gasteiger partial charge in [-0.05, 0) is 48.2 Å². The summed E-state index contributed by atoms with van der Waals surface area (Å²) < 4.78 is 5.78. The molecule has 2 aromatic rings. The minimum absolute atomic E-state index is 0.403. The predicted octanol–water partition coefficient (Wildman–Crippen LogP) is 5.44. The average molecular weight is 286 g/mol. The summed E-state index contributed by atoms with van der Waals surface area (Å²) in [4.78, 5) is 0. The summed E-state index contributed by atoms with van der Waals surface area (Å²) in [6.45, 7) is 6.42. The zero-order chi connectivity index (χ0) is 14.7. The lowest BCUT2D eigenvalue weighted by Gasteiger charge is -2.12. The van der Waals surface area contributed by atoms with Gasteiger partial charge in [-0.25, -0.2) is 0 Å². The van der Waals surface area contributed by atoms with Gasteiger partial charge in [0, 0.05) is 6.07 Å². The lowest BCUT2D eigenvalue weighted by Crippen LogP contribution is -1.93. The maximum Gasteiger partial charge on any atom is 0.129 e. The lowest BCUT2D eigenvalue weighted by atomic mass is 9.98. The summed E-state index contributed by atoms with van der Waals surface area (Å²) in [5.41, 5.74) is 2.97. The third-order valence-electron chi connectivity index (χ3n) is 3.16. The zero-order valence-electron chi connectivity index (χ0n) is 11.8. The molecular formula is C17H16ClNO. The zero-order valence-corrected chi connectivity index (χ0v) is 12.5. The van der Waals surface area contributed by atoms with Crippen LogP contribution in [-0.2, 0) is 0 Å². The van der Waals surface area contributed by atoms with Gasteiger partial charge in [-0.3, -0.25) is 0 Å². The van der Waals surface area contributed by atoms with Crippen LogP contribution in [0.15, 0.2) is 36.4 Å². The molecule has 3 heteroatoms. The lowest BCUT2D eigenvalue weighted by molar-refractivity contribution is 0.482. The number of benzene rings is 2. The third kappa shape index (κ3) is 3.12. The summed E-state index contributed by atoms with van der Waals surface area (Å²) in [7, 11) is 0. The second-order valence-electron chi connectivity index (χ2n) is 5.03. The summed E-state index contributed by atoms with van der Waals surface area (Å²) in [5, 5.41) is 9.25. The molecule has 0 aliphatic heterocycles. The summed E-state index contributed by atoms with van der Waals surface area (Å²) in [5.74, 6) is 1.90. The molecule has 0 fully saturated rings. The maximum absolute atomic E-state index is 8.84. The normalized spacial score (nSPS) is 10.4. The Morgan fingerprint density at radius 3 is 2.30 bits per heavy atom. The van der Waals surface area contributed by atoms with Crippen LogP contribution in [0.3, 0.4) is 0 Å². The van der Waals surface area contributed by atoms with Crippen molar-refractivity contribution in [2.45, 2.75) is 26.7 Å². The standard InChI is InChI=1S/C17H16ClNO/c1-11(2)16-7-6-14(8-12(16)3)20-15-5-4-13(10-19)17(18)9-15/h4-9,11H,1-3H3. The fraction of sp³-hybridized carbons (Fsp3) is 0.235. The second kappa shape index (κ2) is 5.98. The first-order chi connectivity index (χ1) is 9.51. The molecule has 0 amide bonds. The van der Waals surface area contributed by atoms with Crippen molar-refractivity contribution in [1.29, 1.82) is 5.26 Å². The van der Waals surface area contributed by atoms with Crippen LogP contribution in [0.1, 0.15) is 36.5 Å². The first kappa shape index (κ1) is 14.4. The summed E-state index contributed by atoms with van der Waals surface area (Å²) >= 11 is 5.99. The van der Waals surface area contributed by atoms with E-state index in [1.807, 2.05) is 18.2 Å². The highest BCUT2D eigenvalue weighted by atomic mass is 35.5. The van der Waals surface area contributed by atoms with Crippen LogP contribution < -0.4 is 4.74 Å². The minimum Gasteiger partial charge on any atom is -0.457 e. The van der Waals surface area contributed by atoms with Gasteiger partial charge in [0.15, 0.2) is 0 Å². The average Bonchev–Trinajstić information content (AvgIpc) is 2.38. The van der Waals surface area contributed by atoms with E-state index >= 15 is 0 Å². The second-order valence-corrected chi connectivity index (χ2v) is 5.44. The van der Waals surface area contributed by atoms with E-state index < -0.39 is 0 Å². The highest BCUT2D eigenvalue weighted by Crippen LogP contribution is 2.29. The Bertz CT molecular complexity index is 671. The Kier molecular flexibility index (Phi) is 4.32. The Labute approximate surface area is 124 Å². The Morgan fingerprint density at radius 2 is 1.75 bits per heavy atom. The fourth-order valence-corrected chi connectivity index (χ4v) is 2.36. The minimum atomic E-state index is 0.403. The van der Waals surface area contributed by atoms with Crippen LogP contribution in [0, 0.1) is 18.3 Å². The molecule has 102 valence electrons. The van der Waals surface area contributed by atoms with Crippen molar-refractivity contribution in [1.82, 2.24) is 0 Å². The van der Waals surface area contributed by atoms with Crippen LogP contribution >= 0.6 is 11.6 Å². The van der Waals surface area contributed by atoms with E-state index in [2.05, 4.69) is 26.8 Å². The monoisotopic (exact) mass is 285 g/mol. The molecule has 0 aliphatic rings. The SMILES string of the molecule is Cc1cc(Oc2ccc(C#N)c(Cl)c2)ccc1C(C)C. The van der Waals surface area contributed by atoms with Gasteiger partial charge in [-0.1, -0.05) is 31.5 Å². The molecule has 20 heavy (non-hydrogen) atoms. The highest BCUT2D eigenvalue weighted by Gasteiger charge is 2.07. The van der Waals surface area contributed by atoms with E-state index in [0.717, 1.165) is 5.75 Å². The van der Waals surface area contributed by atoms with Gasteiger partial charge in [0.05, 0.1) is 10.6 Å². The Hall–Kier alpha value is -1.98. The van der Waals surface area contributed by atoms with Gasteiger partial charge in [-0.2, -0.15) is 5.26 Å². The smallest absolute Gasteiger partial charge is 0.129 e. The molecule has 0 saturated carbocycles. The number of nitrogens with zero attached hydrogens (tertiary/aromatic N) is 1. The predicted molar refractivity (Wildman–Crippen MR) is 81.5 cm³/mol. The van der Waals surface area contributed by atoms with E-state index in [1.54, 1.807) is 18.2 Å². The number of nitriles is 1. The number of hydrogen-bond acceptors (Lipinski definition) is 2. The third-order valence-corrected chi connectivity index (χ3v) is 3.47. The first-order valence-corrected chi connectivity index (χ1v) is 6.87. The van der Waals surface area contributed by atoms with Crippen LogP contribution in [-0.4, -0.2) is 0 Å². The molecule has 2 nitrogen and oxygen atoms in total. The van der Waals surface area contributed by atoms with E-state index in [9.17, 15) is 0 Å². The number of rotatable bonds is 3. The van der Waals surface area contributed by atoms with Gasteiger partial charge in [0.2, 0.25) is 0 Å². The molecule has 0 spiro atoms. The van der Waals surface area contributed by atoms with Gasteiger partial charge in [-0.15, -0.1) is 0 Å². The number of aryl methyl sites for hydroxylation is 1. The number of hydrogen-bond donors (Lipinski definition) is 0. The molecule has 2 rings (SSSR count). The van der Waals surface area contributed by atoms with E-state index in [0.29, 0.717) is 22.3 Å². The van der Waals surface area contributed by atoms with Crippen molar-refractivity contribution in [2.75, 3.05) is 0 Å². The number of halogens is 1. The van der Waals surface area contributed by atoms with Gasteiger partial charge < -0.3 is 4.74 Å². The molecule has 2 aromatic carbocycles. The highest BCUT2D eigenvalue weighted by molar-refractivity contribution is 6.31. The van der Waals surface area contributed by atoms with Crippen molar-refractivity contribution in [3.63, 3.8) is 0 Å². The summed E-state index contributed by atoms with van der Waals surface area (Å²) in [6, 6.07) is 13.1. The molecule has 0 radical (unpaired) electrons. The Balaban J connectivity index is 2.25. The quantitative estimate of drug-likeness (QED) is 0.752. The van der Waals surface area contributed by atoms with Crippen molar-refractivity contribution in [3.05, 3.63) is 58.1 Å². The molecule has 0 aliphatic carbocycles. The van der Waals surface area contributed by atoms with Crippen molar-refractivity contribution in [3.8, 4) is 17.6 Å². The van der Waals surface area contributed by atoms with Gasteiger partial charge >= 0.3 is 0 Å². The Morgan fingerprint density at radius 1 is 1.10 bits per heavy atom. The fourth-order valence-electron chi connectivity index (χ4n) is 2.15. The molecule has 0 bridgehead atoms. The molecule has 0 heterocycles. The van der Waals surface area contributed by atoms with E-state index in [1.165, 1.54) is 11.1 Å². The largest absolute Gasteiger partial charge is 0.457 e. The molecule has 0 saturated heterocycles. The van der Waals surface area contributed by atoms with Crippen LogP contribution in [0.4, 0.5) is 0 Å². The van der Waals surface area contributed by atoms with Crippen LogP contribution in [0.25, 0.3) is 0 Å². The molecule has 0 unspecified atom stereocenters. The maximum atomic E-state index is 8.84. The van der Waals surface area contributed by atoms with E-state index in [-0.39, 0.29) is 0 Å². The number of ether oxygens (including phenoxy) is 1. The summed E-state index contributed by atoms with van der Waals surface area (Å²) in [6.07, 6.45) is 0. The molecule has 0 atom stereocenters. The van der Waals surface area contributed by atoms with Gasteiger partial charge in [0.25, 0.3) is 0 Å². The van der Waals surface area contributed by atoms with Crippen molar-refractivity contribution in [2.24, 2.45) is 0 Å². The van der Waals surface area contributed by atoms with Crippen LogP contribution in [0.2, 0.25) is 5.02 Å². The molecule has 0 aromatic heterocycles. The van der Waals surface area contributed by atoms with E-state index in [4.69, 9.17) is 21.6 Å². The van der Waals surface area contributed by atoms with Crippen molar-refractivity contribution >= 4 is 11.6 Å². The van der Waals surface area contributed by atoms with Crippen LogP contribution in [0.5, 0.6) is 11.5 Å². The van der Waals surface area contributed by atoms with Crippen molar-refractivity contribution < 1.29 is 4.74 Å². The first-order valence-electron chi connectivity index (χ1n) is 6.49.